The van der Waals surface area contributed by atoms with Crippen molar-refractivity contribution < 1.29 is 18.3 Å². The smallest absolute Gasteiger partial charge is 0.329 e. The Hall–Kier alpha value is -1.37. The van der Waals surface area contributed by atoms with Crippen LogP contribution >= 0.6 is 0 Å². The molecule has 0 bridgehead atoms. The van der Waals surface area contributed by atoms with Crippen LogP contribution in [0.25, 0.3) is 0 Å². The Bertz CT molecular complexity index is 478. The topological polar surface area (TPSA) is 89.3 Å². The summed E-state index contributed by atoms with van der Waals surface area (Å²) in [6.45, 7) is 0. The fourth-order valence-corrected chi connectivity index (χ4v) is 3.47. The van der Waals surface area contributed by atoms with Gasteiger partial charge in [0.25, 0.3) is 0 Å². The maximum atomic E-state index is 11.3. The molecule has 7 heteroatoms. The van der Waals surface area contributed by atoms with E-state index in [1.165, 1.54) is 17.1 Å². The zero-order valence-electron chi connectivity index (χ0n) is 8.54. The Morgan fingerprint density at radius 2 is 2.00 bits per heavy atom. The summed E-state index contributed by atoms with van der Waals surface area (Å²) in [7, 11) is -3.08. The van der Waals surface area contributed by atoms with Gasteiger partial charge in [-0.2, -0.15) is 0 Å². The van der Waals surface area contributed by atoms with E-state index in [9.17, 15) is 18.3 Å². The van der Waals surface area contributed by atoms with Crippen molar-refractivity contribution in [1.29, 1.82) is 0 Å². The maximum Gasteiger partial charge on any atom is 0.329 e. The predicted molar refractivity (Wildman–Crippen MR) is 55.7 cm³/mol. The number of carboxylic acid groups (broad SMARTS) is 1. The molecule has 1 saturated heterocycles. The monoisotopic (exact) mass is 244 g/mol. The molecule has 0 saturated carbocycles. The molecule has 1 aliphatic heterocycles. The summed E-state index contributed by atoms with van der Waals surface area (Å²) in [5.74, 6) is -1.17. The van der Waals surface area contributed by atoms with Crippen LogP contribution < -0.4 is 0 Å². The number of aliphatic carboxylic acids is 1. The quantitative estimate of drug-likeness (QED) is 0.782. The van der Waals surface area contributed by atoms with Crippen molar-refractivity contribution in [3.63, 3.8) is 0 Å². The molecule has 1 aromatic rings. The van der Waals surface area contributed by atoms with Gasteiger partial charge in [0.1, 0.15) is 5.54 Å². The predicted octanol–water partition coefficient (Wildman–Crippen LogP) is -0.128. The molecular weight excluding hydrogens is 232 g/mol. The average Bonchev–Trinajstić information content (AvgIpc) is 2.71. The number of hydrogen-bond acceptors (Lipinski definition) is 4. The van der Waals surface area contributed by atoms with Gasteiger partial charge in [-0.25, -0.2) is 18.2 Å². The molecule has 1 N–H and O–H groups in total. The molecule has 88 valence electrons. The van der Waals surface area contributed by atoms with Crippen LogP contribution in [-0.4, -0.2) is 40.6 Å². The van der Waals surface area contributed by atoms with E-state index >= 15 is 0 Å². The van der Waals surface area contributed by atoms with Crippen LogP contribution in [0, 0.1) is 0 Å². The molecule has 1 aromatic heterocycles. The van der Waals surface area contributed by atoms with Gasteiger partial charge in [-0.3, -0.25) is 0 Å². The highest BCUT2D eigenvalue weighted by atomic mass is 32.2. The lowest BCUT2D eigenvalue weighted by atomic mass is 9.92. The zero-order chi connectivity index (χ0) is 11.8. The first-order chi connectivity index (χ1) is 7.46. The van der Waals surface area contributed by atoms with Gasteiger partial charge in [-0.1, -0.05) is 0 Å². The fraction of sp³-hybridized carbons (Fsp3) is 0.556. The molecule has 1 aliphatic rings. The van der Waals surface area contributed by atoms with Gasteiger partial charge in [0, 0.05) is 12.4 Å². The Morgan fingerprint density at radius 3 is 2.44 bits per heavy atom. The van der Waals surface area contributed by atoms with Gasteiger partial charge in [0.05, 0.1) is 17.8 Å². The molecule has 1 fully saturated rings. The molecule has 0 aromatic carbocycles. The van der Waals surface area contributed by atoms with Gasteiger partial charge < -0.3 is 9.67 Å². The number of carbonyl (C=O) groups is 1. The molecule has 2 rings (SSSR count). The van der Waals surface area contributed by atoms with Crippen molar-refractivity contribution in [2.24, 2.45) is 0 Å². The number of nitrogens with zero attached hydrogens (tertiary/aromatic N) is 2. The summed E-state index contributed by atoms with van der Waals surface area (Å²) in [5.41, 5.74) is -1.15. The van der Waals surface area contributed by atoms with Gasteiger partial charge in [-0.15, -0.1) is 0 Å². The standard InChI is InChI=1S/C9H12N2O4S/c12-8(13)9(11-4-3-10-7-11)1-5-16(14,15)6-2-9/h3-4,7H,1-2,5-6H2,(H,12,13). The number of rotatable bonds is 2. The van der Waals surface area contributed by atoms with Crippen LogP contribution in [0.4, 0.5) is 0 Å². The number of imidazole rings is 1. The van der Waals surface area contributed by atoms with Gasteiger partial charge in [0.15, 0.2) is 9.84 Å². The number of aromatic nitrogens is 2. The highest BCUT2D eigenvalue weighted by Crippen LogP contribution is 2.31. The van der Waals surface area contributed by atoms with E-state index in [4.69, 9.17) is 0 Å². The Morgan fingerprint density at radius 1 is 1.38 bits per heavy atom. The Labute approximate surface area is 92.8 Å². The van der Waals surface area contributed by atoms with E-state index in [0.717, 1.165) is 0 Å². The van der Waals surface area contributed by atoms with Crippen LogP contribution in [0.5, 0.6) is 0 Å². The van der Waals surface area contributed by atoms with Gasteiger partial charge in [-0.05, 0) is 12.8 Å². The van der Waals surface area contributed by atoms with Crippen LogP contribution in [0.2, 0.25) is 0 Å². The number of carboxylic acids is 1. The van der Waals surface area contributed by atoms with Gasteiger partial charge >= 0.3 is 5.97 Å². The van der Waals surface area contributed by atoms with E-state index in [2.05, 4.69) is 4.98 Å². The molecule has 0 spiro atoms. The fourth-order valence-electron chi connectivity index (χ4n) is 1.97. The molecule has 0 atom stereocenters. The molecule has 16 heavy (non-hydrogen) atoms. The number of hydrogen-bond donors (Lipinski definition) is 1. The zero-order valence-corrected chi connectivity index (χ0v) is 9.35. The van der Waals surface area contributed by atoms with Gasteiger partial charge in [0.2, 0.25) is 0 Å². The summed E-state index contributed by atoms with van der Waals surface area (Å²) >= 11 is 0. The third-order valence-electron chi connectivity index (χ3n) is 3.05. The second-order valence-electron chi connectivity index (χ2n) is 3.96. The van der Waals surface area contributed by atoms with E-state index in [1.807, 2.05) is 0 Å². The van der Waals surface area contributed by atoms with Crippen molar-refractivity contribution in [3.8, 4) is 0 Å². The lowest BCUT2D eigenvalue weighted by molar-refractivity contribution is -0.148. The summed E-state index contributed by atoms with van der Waals surface area (Å²) in [4.78, 5) is 15.2. The van der Waals surface area contributed by atoms with Crippen LogP contribution in [0.3, 0.4) is 0 Å². The third-order valence-corrected chi connectivity index (χ3v) is 4.70. The molecule has 6 nitrogen and oxygen atoms in total. The van der Waals surface area contributed by atoms with Crippen LogP contribution in [0.1, 0.15) is 12.8 Å². The first kappa shape index (κ1) is 11.1. The molecule has 0 unspecified atom stereocenters. The Balaban J connectivity index is 2.37. The largest absolute Gasteiger partial charge is 0.479 e. The summed E-state index contributed by atoms with van der Waals surface area (Å²) in [6, 6.07) is 0. The highest BCUT2D eigenvalue weighted by Gasteiger charge is 2.44. The van der Waals surface area contributed by atoms with Crippen molar-refractivity contribution in [1.82, 2.24) is 9.55 Å². The minimum Gasteiger partial charge on any atom is -0.479 e. The molecule has 2 heterocycles. The maximum absolute atomic E-state index is 11.3. The summed E-state index contributed by atoms with van der Waals surface area (Å²) in [5, 5.41) is 9.29. The minimum atomic E-state index is -3.08. The first-order valence-electron chi connectivity index (χ1n) is 4.89. The van der Waals surface area contributed by atoms with E-state index in [1.54, 1.807) is 6.20 Å². The normalized spacial score (nSPS) is 22.8. The summed E-state index contributed by atoms with van der Waals surface area (Å²) < 4.78 is 24.1. The molecule has 0 radical (unpaired) electrons. The van der Waals surface area contributed by atoms with Crippen LogP contribution in [-0.2, 0) is 20.2 Å². The third kappa shape index (κ3) is 1.71. The molecule has 0 aliphatic carbocycles. The average molecular weight is 244 g/mol. The minimum absolute atomic E-state index is 0.0858. The lowest BCUT2D eigenvalue weighted by Gasteiger charge is -2.33. The second kappa shape index (κ2) is 3.58. The van der Waals surface area contributed by atoms with Crippen molar-refractivity contribution in [2.75, 3.05) is 11.5 Å². The van der Waals surface area contributed by atoms with E-state index in [-0.39, 0.29) is 24.3 Å². The van der Waals surface area contributed by atoms with Crippen molar-refractivity contribution in [2.45, 2.75) is 18.4 Å². The second-order valence-corrected chi connectivity index (χ2v) is 6.26. The molecular formula is C9H12N2O4S. The van der Waals surface area contributed by atoms with E-state index < -0.39 is 21.3 Å². The highest BCUT2D eigenvalue weighted by molar-refractivity contribution is 7.91. The van der Waals surface area contributed by atoms with Crippen LogP contribution in [0.15, 0.2) is 18.7 Å². The lowest BCUT2D eigenvalue weighted by Crippen LogP contribution is -2.47. The summed E-state index contributed by atoms with van der Waals surface area (Å²) in [6.07, 6.45) is 4.67. The van der Waals surface area contributed by atoms with E-state index in [0.29, 0.717) is 0 Å². The first-order valence-corrected chi connectivity index (χ1v) is 6.71. The SMILES string of the molecule is O=C(O)C1(n2ccnc2)CCS(=O)(=O)CC1. The molecule has 0 amide bonds. The Kier molecular flexibility index (Phi) is 2.49. The number of sulfone groups is 1. The van der Waals surface area contributed by atoms with Crippen molar-refractivity contribution in [3.05, 3.63) is 18.7 Å². The van der Waals surface area contributed by atoms with Crippen molar-refractivity contribution >= 4 is 15.8 Å².